The van der Waals surface area contributed by atoms with Crippen molar-refractivity contribution >= 4 is 16.0 Å². The van der Waals surface area contributed by atoms with Crippen LogP contribution in [-0.4, -0.2) is 35.2 Å². The second-order valence-electron chi connectivity index (χ2n) is 6.42. The Balaban J connectivity index is 1.55. The van der Waals surface area contributed by atoms with Crippen LogP contribution in [0.4, 0.5) is 0 Å². The predicted molar refractivity (Wildman–Crippen MR) is 103 cm³/mol. The third-order valence-corrected chi connectivity index (χ3v) is 6.05. The number of benzene rings is 2. The Bertz CT molecular complexity index is 971. The molecule has 1 aliphatic rings. The average molecular weight is 405 g/mol. The number of aryl methyl sites for hydroxylation is 2. The summed E-state index contributed by atoms with van der Waals surface area (Å²) in [5.74, 6) is 0.738. The summed E-state index contributed by atoms with van der Waals surface area (Å²) in [5.41, 5.74) is 2.50. The summed E-state index contributed by atoms with van der Waals surface area (Å²) in [6.07, 6.45) is 3.08. The van der Waals surface area contributed by atoms with Crippen molar-refractivity contribution in [3.63, 3.8) is 0 Å². The molecule has 1 aliphatic carbocycles. The van der Waals surface area contributed by atoms with E-state index in [2.05, 4.69) is 4.72 Å². The molecule has 2 aromatic rings. The lowest BCUT2D eigenvalue weighted by Crippen LogP contribution is -2.27. The molecular weight excluding hydrogens is 382 g/mol. The largest absolute Gasteiger partial charge is 0.493 e. The molecule has 0 radical (unpaired) electrons. The van der Waals surface area contributed by atoms with Crippen molar-refractivity contribution in [2.75, 3.05) is 20.8 Å². The number of hydrogen-bond acceptors (Lipinski definition) is 6. The van der Waals surface area contributed by atoms with Crippen LogP contribution in [0, 0.1) is 0 Å². The van der Waals surface area contributed by atoms with Crippen LogP contribution in [0.3, 0.4) is 0 Å². The van der Waals surface area contributed by atoms with Gasteiger partial charge >= 0.3 is 5.97 Å². The van der Waals surface area contributed by atoms with Crippen LogP contribution in [0.25, 0.3) is 0 Å². The van der Waals surface area contributed by atoms with Crippen molar-refractivity contribution in [1.82, 2.24) is 4.72 Å². The monoisotopic (exact) mass is 405 g/mol. The molecule has 0 amide bonds. The molecule has 0 atom stereocenters. The topological polar surface area (TPSA) is 90.9 Å². The SMILES string of the molecule is COc1ccc(S(=O)(=O)NCCC(=O)Oc2ccc3c(c2)CCC3)cc1OC. The van der Waals surface area contributed by atoms with E-state index < -0.39 is 16.0 Å². The molecule has 0 fully saturated rings. The van der Waals surface area contributed by atoms with E-state index in [1.54, 1.807) is 6.07 Å². The summed E-state index contributed by atoms with van der Waals surface area (Å²) >= 11 is 0. The minimum Gasteiger partial charge on any atom is -0.493 e. The molecule has 0 bridgehead atoms. The molecule has 2 aromatic carbocycles. The minimum atomic E-state index is -3.79. The van der Waals surface area contributed by atoms with E-state index >= 15 is 0 Å². The molecule has 7 nitrogen and oxygen atoms in total. The van der Waals surface area contributed by atoms with Gasteiger partial charge in [-0.25, -0.2) is 13.1 Å². The summed E-state index contributed by atoms with van der Waals surface area (Å²) in [5, 5.41) is 0. The molecule has 150 valence electrons. The first kappa shape index (κ1) is 20.2. The first-order chi connectivity index (χ1) is 13.4. The number of esters is 1. The van der Waals surface area contributed by atoms with Crippen molar-refractivity contribution in [3.8, 4) is 17.2 Å². The van der Waals surface area contributed by atoms with E-state index in [-0.39, 0.29) is 17.9 Å². The number of ether oxygens (including phenoxy) is 3. The van der Waals surface area contributed by atoms with Gasteiger partial charge in [-0.1, -0.05) is 6.07 Å². The molecule has 0 aromatic heterocycles. The molecule has 0 spiro atoms. The number of carbonyl (C=O) groups excluding carboxylic acids is 1. The molecule has 0 heterocycles. The van der Waals surface area contributed by atoms with Crippen molar-refractivity contribution in [2.24, 2.45) is 0 Å². The highest BCUT2D eigenvalue weighted by atomic mass is 32.2. The Kier molecular flexibility index (Phi) is 6.21. The molecular formula is C20H23NO6S. The molecule has 0 saturated carbocycles. The van der Waals surface area contributed by atoms with E-state index in [1.165, 1.54) is 43.5 Å². The maximum atomic E-state index is 12.4. The van der Waals surface area contributed by atoms with Gasteiger partial charge in [-0.15, -0.1) is 0 Å². The second kappa shape index (κ2) is 8.62. The summed E-state index contributed by atoms with van der Waals surface area (Å²) in [6.45, 7) is -0.0690. The molecule has 8 heteroatoms. The van der Waals surface area contributed by atoms with Crippen molar-refractivity contribution in [3.05, 3.63) is 47.5 Å². The van der Waals surface area contributed by atoms with Crippen molar-refractivity contribution in [2.45, 2.75) is 30.6 Å². The Hall–Kier alpha value is -2.58. The quantitative estimate of drug-likeness (QED) is 0.536. The Labute approximate surface area is 164 Å². The van der Waals surface area contributed by atoms with Gasteiger partial charge in [0.1, 0.15) is 5.75 Å². The van der Waals surface area contributed by atoms with E-state index in [1.807, 2.05) is 12.1 Å². The summed E-state index contributed by atoms with van der Waals surface area (Å²) in [6, 6.07) is 9.92. The van der Waals surface area contributed by atoms with Crippen LogP contribution >= 0.6 is 0 Å². The van der Waals surface area contributed by atoms with Crippen LogP contribution in [0.2, 0.25) is 0 Å². The fraction of sp³-hybridized carbons (Fsp3) is 0.350. The van der Waals surface area contributed by atoms with Crippen molar-refractivity contribution < 1.29 is 27.4 Å². The zero-order valence-corrected chi connectivity index (χ0v) is 16.7. The van der Waals surface area contributed by atoms with Gasteiger partial charge in [0.05, 0.1) is 25.5 Å². The number of hydrogen-bond donors (Lipinski definition) is 1. The predicted octanol–water partition coefficient (Wildman–Crippen LogP) is 2.47. The number of nitrogens with one attached hydrogen (secondary N) is 1. The fourth-order valence-corrected chi connectivity index (χ4v) is 4.20. The number of rotatable bonds is 8. The fourth-order valence-electron chi connectivity index (χ4n) is 3.15. The molecule has 1 N–H and O–H groups in total. The number of sulfonamides is 1. The van der Waals surface area contributed by atoms with Gasteiger partial charge in [0.2, 0.25) is 10.0 Å². The number of methoxy groups -OCH3 is 2. The average Bonchev–Trinajstić information content (AvgIpc) is 3.15. The Morgan fingerprint density at radius 2 is 1.75 bits per heavy atom. The smallest absolute Gasteiger partial charge is 0.312 e. The maximum Gasteiger partial charge on any atom is 0.312 e. The van der Waals surface area contributed by atoms with E-state index in [4.69, 9.17) is 14.2 Å². The first-order valence-electron chi connectivity index (χ1n) is 8.97. The van der Waals surface area contributed by atoms with E-state index in [0.717, 1.165) is 19.3 Å². The van der Waals surface area contributed by atoms with Gasteiger partial charge in [0, 0.05) is 12.6 Å². The molecule has 28 heavy (non-hydrogen) atoms. The Morgan fingerprint density at radius 1 is 1.00 bits per heavy atom. The second-order valence-corrected chi connectivity index (χ2v) is 8.19. The minimum absolute atomic E-state index is 0.0251. The lowest BCUT2D eigenvalue weighted by atomic mass is 10.1. The van der Waals surface area contributed by atoms with Gasteiger partial charge in [0.25, 0.3) is 0 Å². The Morgan fingerprint density at radius 3 is 2.50 bits per heavy atom. The standard InChI is InChI=1S/C20H23NO6S/c1-25-18-9-8-17(13-19(18)26-2)28(23,24)21-11-10-20(22)27-16-7-6-14-4-3-5-15(14)12-16/h6-9,12-13,21H,3-5,10-11H2,1-2H3. The summed E-state index contributed by atoms with van der Waals surface area (Å²) in [4.78, 5) is 12.1. The zero-order chi connectivity index (χ0) is 20.1. The van der Waals surface area contributed by atoms with Crippen LogP contribution < -0.4 is 18.9 Å². The number of carbonyl (C=O) groups is 1. The van der Waals surface area contributed by atoms with Gasteiger partial charge in [0.15, 0.2) is 11.5 Å². The lowest BCUT2D eigenvalue weighted by molar-refractivity contribution is -0.134. The summed E-state index contributed by atoms with van der Waals surface area (Å²) in [7, 11) is -0.891. The normalized spacial score (nSPS) is 13.1. The molecule has 3 rings (SSSR count). The van der Waals surface area contributed by atoms with E-state index in [0.29, 0.717) is 17.2 Å². The highest BCUT2D eigenvalue weighted by Gasteiger charge is 2.18. The van der Waals surface area contributed by atoms with Crippen LogP contribution in [0.1, 0.15) is 24.0 Å². The highest BCUT2D eigenvalue weighted by molar-refractivity contribution is 7.89. The number of fused-ring (bicyclic) bond motifs is 1. The highest BCUT2D eigenvalue weighted by Crippen LogP contribution is 2.29. The summed E-state index contributed by atoms with van der Waals surface area (Å²) < 4.78 is 42.8. The van der Waals surface area contributed by atoms with Gasteiger partial charge < -0.3 is 14.2 Å². The molecule has 0 aliphatic heterocycles. The van der Waals surface area contributed by atoms with Gasteiger partial charge in [-0.2, -0.15) is 0 Å². The lowest BCUT2D eigenvalue weighted by Gasteiger charge is -2.11. The third kappa shape index (κ3) is 4.63. The van der Waals surface area contributed by atoms with Crippen LogP contribution in [-0.2, 0) is 27.7 Å². The van der Waals surface area contributed by atoms with Crippen molar-refractivity contribution in [1.29, 1.82) is 0 Å². The molecule has 0 unspecified atom stereocenters. The van der Waals surface area contributed by atoms with Gasteiger partial charge in [-0.3, -0.25) is 4.79 Å². The van der Waals surface area contributed by atoms with Crippen LogP contribution in [0.5, 0.6) is 17.2 Å². The zero-order valence-electron chi connectivity index (χ0n) is 15.9. The molecule has 0 saturated heterocycles. The van der Waals surface area contributed by atoms with Crippen LogP contribution in [0.15, 0.2) is 41.3 Å². The van der Waals surface area contributed by atoms with E-state index in [9.17, 15) is 13.2 Å². The maximum absolute atomic E-state index is 12.4. The van der Waals surface area contributed by atoms with Gasteiger partial charge in [-0.05, 0) is 54.7 Å². The first-order valence-corrected chi connectivity index (χ1v) is 10.5. The third-order valence-electron chi connectivity index (χ3n) is 4.59.